The van der Waals surface area contributed by atoms with Gasteiger partial charge >= 0.3 is 0 Å². The Balaban J connectivity index is 1.39. The molecule has 0 bridgehead atoms. The number of hydrogen-bond donors (Lipinski definition) is 0. The molecule has 1 atom stereocenters. The van der Waals surface area contributed by atoms with Crippen molar-refractivity contribution < 1.29 is 4.42 Å². The van der Waals surface area contributed by atoms with Crippen molar-refractivity contribution in [3.05, 3.63) is 84.3 Å². The van der Waals surface area contributed by atoms with E-state index in [4.69, 9.17) is 9.40 Å². The summed E-state index contributed by atoms with van der Waals surface area (Å²) in [6.45, 7) is 6.59. The highest BCUT2D eigenvalue weighted by molar-refractivity contribution is 5.82. The zero-order valence-corrected chi connectivity index (χ0v) is 17.6. The molecule has 1 unspecified atom stereocenters. The molecule has 0 saturated carbocycles. The van der Waals surface area contributed by atoms with E-state index in [0.717, 1.165) is 54.0 Å². The molecule has 0 aliphatic carbocycles. The summed E-state index contributed by atoms with van der Waals surface area (Å²) in [6, 6.07) is 21.4. The van der Waals surface area contributed by atoms with E-state index in [1.807, 2.05) is 18.5 Å². The van der Waals surface area contributed by atoms with Crippen molar-refractivity contribution >= 4 is 16.8 Å². The Labute approximate surface area is 177 Å². The van der Waals surface area contributed by atoms with Crippen LogP contribution in [0.4, 0.5) is 5.69 Å². The first kappa shape index (κ1) is 18.9. The van der Waals surface area contributed by atoms with Crippen molar-refractivity contribution in [1.29, 1.82) is 0 Å². The molecule has 4 aromatic rings. The van der Waals surface area contributed by atoms with Gasteiger partial charge in [-0.15, -0.1) is 0 Å². The minimum absolute atomic E-state index is 0.244. The molecule has 0 radical (unpaired) electrons. The number of anilines is 1. The fraction of sp³-hybridized carbons (Fsp3) is 0.269. The first-order valence-corrected chi connectivity index (χ1v) is 10.6. The highest BCUT2D eigenvalue weighted by Gasteiger charge is 2.17. The largest absolute Gasteiger partial charge is 0.462 e. The summed E-state index contributed by atoms with van der Waals surface area (Å²) in [6.07, 6.45) is 3.82. The quantitative estimate of drug-likeness (QED) is 0.462. The summed E-state index contributed by atoms with van der Waals surface area (Å²) in [5.74, 6) is 0.244. The third kappa shape index (κ3) is 3.59. The monoisotopic (exact) mass is 397 g/mol. The second kappa shape index (κ2) is 7.96. The molecular weight excluding hydrogens is 370 g/mol. The number of fused-ring (bicyclic) bond motifs is 1. The number of nitrogens with zero attached hydrogens (tertiary/aromatic N) is 3. The van der Waals surface area contributed by atoms with Gasteiger partial charge in [-0.1, -0.05) is 49.4 Å². The molecule has 4 heteroatoms. The van der Waals surface area contributed by atoms with Crippen LogP contribution in [0.25, 0.3) is 22.2 Å². The number of hydrogen-bond acceptors (Lipinski definition) is 4. The Bertz CT molecular complexity index is 1130. The Kier molecular flexibility index (Phi) is 5.01. The molecule has 2 aromatic carbocycles. The highest BCUT2D eigenvalue weighted by atomic mass is 16.3. The van der Waals surface area contributed by atoms with E-state index in [1.54, 1.807) is 0 Å². The maximum Gasteiger partial charge on any atom is 0.153 e. The van der Waals surface area contributed by atoms with E-state index in [9.17, 15) is 0 Å². The summed E-state index contributed by atoms with van der Waals surface area (Å²) < 4.78 is 5.91. The average Bonchev–Trinajstić information content (AvgIpc) is 3.23. The topological polar surface area (TPSA) is 32.5 Å². The fourth-order valence-electron chi connectivity index (χ4n) is 4.25. The Hall–Kier alpha value is -3.11. The van der Waals surface area contributed by atoms with Gasteiger partial charge in [-0.2, -0.15) is 0 Å². The van der Waals surface area contributed by atoms with Crippen molar-refractivity contribution in [2.24, 2.45) is 0 Å². The first-order valence-electron chi connectivity index (χ1n) is 10.6. The molecule has 4 nitrogen and oxygen atoms in total. The molecule has 0 spiro atoms. The van der Waals surface area contributed by atoms with Crippen LogP contribution < -0.4 is 4.90 Å². The van der Waals surface area contributed by atoms with Gasteiger partial charge in [-0.3, -0.25) is 4.98 Å². The SMILES string of the molecule is CC(c1ccccc1)c1coc2cc(-c3ccc(N4CCN(C)CC4)cc3)cnc12. The molecular formula is C26H27N3O. The Morgan fingerprint density at radius 3 is 2.37 bits per heavy atom. The Morgan fingerprint density at radius 2 is 1.63 bits per heavy atom. The fourth-order valence-corrected chi connectivity index (χ4v) is 4.25. The van der Waals surface area contributed by atoms with Crippen molar-refractivity contribution in [3.63, 3.8) is 0 Å². The lowest BCUT2D eigenvalue weighted by atomic mass is 9.94. The first-order chi connectivity index (χ1) is 14.7. The van der Waals surface area contributed by atoms with Crippen molar-refractivity contribution in [1.82, 2.24) is 9.88 Å². The van der Waals surface area contributed by atoms with Crippen LogP contribution in [-0.2, 0) is 0 Å². The van der Waals surface area contributed by atoms with Crippen LogP contribution in [0, 0.1) is 0 Å². The van der Waals surface area contributed by atoms with E-state index in [1.165, 1.54) is 11.3 Å². The van der Waals surface area contributed by atoms with Gasteiger partial charge in [0.2, 0.25) is 0 Å². The number of rotatable bonds is 4. The molecule has 1 saturated heterocycles. The lowest BCUT2D eigenvalue weighted by Gasteiger charge is -2.34. The second-order valence-electron chi connectivity index (χ2n) is 8.23. The van der Waals surface area contributed by atoms with Crippen molar-refractivity contribution in [3.8, 4) is 11.1 Å². The highest BCUT2D eigenvalue weighted by Crippen LogP contribution is 2.33. The molecule has 0 N–H and O–H groups in total. The smallest absolute Gasteiger partial charge is 0.153 e. The zero-order chi connectivity index (χ0) is 20.5. The van der Waals surface area contributed by atoms with Gasteiger partial charge in [0, 0.05) is 55.1 Å². The van der Waals surface area contributed by atoms with Gasteiger partial charge in [-0.05, 0) is 36.4 Å². The number of furan rings is 1. The normalized spacial score (nSPS) is 16.1. The number of likely N-dealkylation sites (N-methyl/N-ethyl adjacent to an activating group) is 1. The summed E-state index contributed by atoms with van der Waals surface area (Å²) >= 11 is 0. The van der Waals surface area contributed by atoms with Crippen LogP contribution >= 0.6 is 0 Å². The van der Waals surface area contributed by atoms with Crippen LogP contribution in [0.1, 0.15) is 24.0 Å². The van der Waals surface area contributed by atoms with Crippen LogP contribution in [0.2, 0.25) is 0 Å². The van der Waals surface area contributed by atoms with E-state index in [2.05, 4.69) is 78.4 Å². The molecule has 1 aliphatic heterocycles. The molecule has 1 fully saturated rings. The second-order valence-corrected chi connectivity index (χ2v) is 8.23. The maximum absolute atomic E-state index is 5.91. The predicted octanol–water partition coefficient (Wildman–Crippen LogP) is 5.40. The van der Waals surface area contributed by atoms with E-state index in [-0.39, 0.29) is 5.92 Å². The molecule has 2 aromatic heterocycles. The van der Waals surface area contributed by atoms with Gasteiger partial charge in [0.25, 0.3) is 0 Å². The van der Waals surface area contributed by atoms with Gasteiger partial charge in [0.05, 0.1) is 6.26 Å². The van der Waals surface area contributed by atoms with E-state index >= 15 is 0 Å². The van der Waals surface area contributed by atoms with Gasteiger partial charge in [-0.25, -0.2) is 0 Å². The number of benzene rings is 2. The van der Waals surface area contributed by atoms with Crippen LogP contribution in [-0.4, -0.2) is 43.1 Å². The third-order valence-electron chi connectivity index (χ3n) is 6.27. The lowest BCUT2D eigenvalue weighted by Crippen LogP contribution is -2.44. The van der Waals surface area contributed by atoms with Crippen molar-refractivity contribution in [2.75, 3.05) is 38.1 Å². The molecule has 1 aliphatic rings. The van der Waals surface area contributed by atoms with Crippen LogP contribution in [0.15, 0.2) is 77.5 Å². The number of aromatic nitrogens is 1. The molecule has 0 amide bonds. The molecule has 3 heterocycles. The molecule has 152 valence electrons. The lowest BCUT2D eigenvalue weighted by molar-refractivity contribution is 0.313. The summed E-state index contributed by atoms with van der Waals surface area (Å²) in [5.41, 5.74) is 7.73. The van der Waals surface area contributed by atoms with E-state index in [0.29, 0.717) is 0 Å². The predicted molar refractivity (Wildman–Crippen MR) is 123 cm³/mol. The summed E-state index contributed by atoms with van der Waals surface area (Å²) in [7, 11) is 2.18. The van der Waals surface area contributed by atoms with Gasteiger partial charge in [0.1, 0.15) is 5.52 Å². The van der Waals surface area contributed by atoms with E-state index < -0.39 is 0 Å². The summed E-state index contributed by atoms with van der Waals surface area (Å²) in [4.78, 5) is 9.61. The van der Waals surface area contributed by atoms with Gasteiger partial charge in [0.15, 0.2) is 5.58 Å². The third-order valence-corrected chi connectivity index (χ3v) is 6.27. The maximum atomic E-state index is 5.91. The average molecular weight is 398 g/mol. The number of pyridine rings is 1. The molecule has 5 rings (SSSR count). The van der Waals surface area contributed by atoms with Crippen molar-refractivity contribution in [2.45, 2.75) is 12.8 Å². The minimum Gasteiger partial charge on any atom is -0.462 e. The van der Waals surface area contributed by atoms with Crippen LogP contribution in [0.5, 0.6) is 0 Å². The standard InChI is InChI=1S/C26H27N3O/c1-19(20-6-4-3-5-7-20)24-18-30-25-16-22(17-27-26(24)25)21-8-10-23(11-9-21)29-14-12-28(2)13-15-29/h3-11,16-19H,12-15H2,1-2H3. The number of piperazine rings is 1. The van der Waals surface area contributed by atoms with Crippen LogP contribution in [0.3, 0.4) is 0 Å². The zero-order valence-electron chi connectivity index (χ0n) is 17.6. The summed E-state index contributed by atoms with van der Waals surface area (Å²) in [5, 5.41) is 0. The molecule has 30 heavy (non-hydrogen) atoms. The Morgan fingerprint density at radius 1 is 0.900 bits per heavy atom. The minimum atomic E-state index is 0.244. The van der Waals surface area contributed by atoms with Gasteiger partial charge < -0.3 is 14.2 Å².